The Morgan fingerprint density at radius 2 is 1.75 bits per heavy atom. The maximum absolute atomic E-state index is 12.2. The molecule has 0 radical (unpaired) electrons. The van der Waals surface area contributed by atoms with E-state index in [9.17, 15) is 9.90 Å². The topological polar surface area (TPSA) is 64.6 Å². The molecule has 0 aliphatic carbocycles. The van der Waals surface area contributed by atoms with Gasteiger partial charge in [-0.25, -0.2) is 4.79 Å². The molecule has 0 fully saturated rings. The van der Waals surface area contributed by atoms with E-state index in [4.69, 9.17) is 0 Å². The number of carbonyl (C=O) groups excluding carboxylic acids is 1. The van der Waals surface area contributed by atoms with E-state index in [2.05, 4.69) is 29.4 Å². The molecule has 0 saturated carbocycles. The van der Waals surface area contributed by atoms with Crippen molar-refractivity contribution in [1.82, 2.24) is 15.5 Å². The van der Waals surface area contributed by atoms with Gasteiger partial charge in [-0.1, -0.05) is 44.2 Å². The third-order valence-electron chi connectivity index (χ3n) is 4.38. The lowest BCUT2D eigenvalue weighted by atomic mass is 9.85. The van der Waals surface area contributed by atoms with Gasteiger partial charge in [0.1, 0.15) is 0 Å². The summed E-state index contributed by atoms with van der Waals surface area (Å²) >= 11 is 0. The van der Waals surface area contributed by atoms with Crippen LogP contribution < -0.4 is 10.6 Å². The predicted molar refractivity (Wildman–Crippen MR) is 98.9 cm³/mol. The standard InChI is InChI=1S/C19H33N3O2/c1-14(12-17(23)16-10-8-7-9-11-16)20-18(24)21-15(2)19(3,4)13-22(5)6/h7-11,14-15,17,23H,12-13H2,1-6H3,(H2,20,21,24). The van der Waals surface area contributed by atoms with E-state index >= 15 is 0 Å². The van der Waals surface area contributed by atoms with E-state index in [0.29, 0.717) is 6.42 Å². The molecule has 0 saturated heterocycles. The average Bonchev–Trinajstić information content (AvgIpc) is 2.46. The highest BCUT2D eigenvalue weighted by atomic mass is 16.3. The molecule has 0 aliphatic heterocycles. The van der Waals surface area contributed by atoms with Crippen molar-refractivity contribution in [3.63, 3.8) is 0 Å². The predicted octanol–water partition coefficient (Wildman–Crippen LogP) is 2.77. The van der Waals surface area contributed by atoms with Crippen molar-refractivity contribution in [2.45, 2.75) is 52.3 Å². The van der Waals surface area contributed by atoms with E-state index < -0.39 is 6.10 Å². The summed E-state index contributed by atoms with van der Waals surface area (Å²) in [5, 5.41) is 16.2. The maximum Gasteiger partial charge on any atom is 0.315 e. The lowest BCUT2D eigenvalue weighted by molar-refractivity contribution is 0.151. The van der Waals surface area contributed by atoms with E-state index in [1.807, 2.05) is 58.3 Å². The Balaban J connectivity index is 2.46. The zero-order valence-electron chi connectivity index (χ0n) is 15.8. The molecule has 1 aromatic carbocycles. The Morgan fingerprint density at radius 1 is 1.17 bits per heavy atom. The fraction of sp³-hybridized carbons (Fsp3) is 0.632. The first-order chi connectivity index (χ1) is 11.1. The van der Waals surface area contributed by atoms with Crippen molar-refractivity contribution < 1.29 is 9.90 Å². The van der Waals surface area contributed by atoms with Gasteiger partial charge in [-0.3, -0.25) is 0 Å². The normalized spacial score (nSPS) is 15.7. The number of aliphatic hydroxyl groups excluding tert-OH is 1. The summed E-state index contributed by atoms with van der Waals surface area (Å²) in [7, 11) is 4.06. The third-order valence-corrected chi connectivity index (χ3v) is 4.38. The number of rotatable bonds is 8. The van der Waals surface area contributed by atoms with Crippen molar-refractivity contribution in [3.05, 3.63) is 35.9 Å². The van der Waals surface area contributed by atoms with Gasteiger partial charge in [0.05, 0.1) is 6.10 Å². The SMILES string of the molecule is CC(CC(O)c1ccccc1)NC(=O)NC(C)C(C)(C)CN(C)C. The van der Waals surface area contributed by atoms with Crippen LogP contribution in [0.4, 0.5) is 4.79 Å². The fourth-order valence-electron chi connectivity index (χ4n) is 2.81. The molecule has 0 heterocycles. The second-order valence-corrected chi connectivity index (χ2v) is 7.63. The molecule has 5 nitrogen and oxygen atoms in total. The number of amides is 2. The van der Waals surface area contributed by atoms with Crippen LogP contribution in [-0.2, 0) is 0 Å². The zero-order chi connectivity index (χ0) is 18.3. The molecule has 24 heavy (non-hydrogen) atoms. The highest BCUT2D eigenvalue weighted by Crippen LogP contribution is 2.21. The van der Waals surface area contributed by atoms with Crippen molar-refractivity contribution in [3.8, 4) is 0 Å². The van der Waals surface area contributed by atoms with E-state index in [-0.39, 0.29) is 23.5 Å². The summed E-state index contributed by atoms with van der Waals surface area (Å²) in [5.74, 6) is 0. The number of nitrogens with zero attached hydrogens (tertiary/aromatic N) is 1. The van der Waals surface area contributed by atoms with Gasteiger partial charge >= 0.3 is 6.03 Å². The molecule has 3 unspecified atom stereocenters. The third kappa shape index (κ3) is 6.89. The van der Waals surface area contributed by atoms with Crippen molar-refractivity contribution in [1.29, 1.82) is 0 Å². The van der Waals surface area contributed by atoms with Crippen LogP contribution in [0.1, 0.15) is 45.8 Å². The van der Waals surface area contributed by atoms with Crippen molar-refractivity contribution in [2.75, 3.05) is 20.6 Å². The molecular formula is C19H33N3O2. The second kappa shape index (κ2) is 9.04. The first kappa shape index (κ1) is 20.5. The van der Waals surface area contributed by atoms with Gasteiger partial charge < -0.3 is 20.6 Å². The van der Waals surface area contributed by atoms with Crippen LogP contribution in [0.5, 0.6) is 0 Å². The zero-order valence-corrected chi connectivity index (χ0v) is 15.8. The minimum absolute atomic E-state index is 0.0335. The first-order valence-electron chi connectivity index (χ1n) is 8.56. The summed E-state index contributed by atoms with van der Waals surface area (Å²) in [6.07, 6.45) is -0.100. The van der Waals surface area contributed by atoms with Crippen LogP contribution in [-0.4, -0.2) is 48.8 Å². The van der Waals surface area contributed by atoms with Gasteiger partial charge in [0.15, 0.2) is 0 Å². The molecule has 1 rings (SSSR count). The van der Waals surface area contributed by atoms with Crippen LogP contribution in [0.2, 0.25) is 0 Å². The van der Waals surface area contributed by atoms with Gasteiger partial charge in [-0.15, -0.1) is 0 Å². The molecule has 3 N–H and O–H groups in total. The number of aliphatic hydroxyl groups is 1. The molecule has 2 amide bonds. The number of hydrogen-bond acceptors (Lipinski definition) is 3. The summed E-state index contributed by atoms with van der Waals surface area (Å²) in [6, 6.07) is 9.22. The summed E-state index contributed by atoms with van der Waals surface area (Å²) in [5.41, 5.74) is 0.834. The minimum Gasteiger partial charge on any atom is -0.388 e. The second-order valence-electron chi connectivity index (χ2n) is 7.63. The minimum atomic E-state index is -0.580. The maximum atomic E-state index is 12.2. The van der Waals surface area contributed by atoms with E-state index in [1.165, 1.54) is 0 Å². The van der Waals surface area contributed by atoms with Crippen molar-refractivity contribution in [2.24, 2.45) is 5.41 Å². The molecule has 136 valence electrons. The summed E-state index contributed by atoms with van der Waals surface area (Å²) in [4.78, 5) is 14.3. The van der Waals surface area contributed by atoms with Crippen LogP contribution in [0.3, 0.4) is 0 Å². The Hall–Kier alpha value is -1.59. The Kier molecular flexibility index (Phi) is 7.70. The quantitative estimate of drug-likeness (QED) is 0.684. The summed E-state index contributed by atoms with van der Waals surface area (Å²) < 4.78 is 0. The number of benzene rings is 1. The number of carbonyl (C=O) groups is 1. The number of hydrogen-bond donors (Lipinski definition) is 3. The lowest BCUT2D eigenvalue weighted by Crippen LogP contribution is -2.51. The summed E-state index contributed by atoms with van der Waals surface area (Å²) in [6.45, 7) is 9.09. The van der Waals surface area contributed by atoms with Crippen LogP contribution in [0.25, 0.3) is 0 Å². The molecule has 0 spiro atoms. The molecule has 5 heteroatoms. The monoisotopic (exact) mass is 335 g/mol. The van der Waals surface area contributed by atoms with Gasteiger partial charge in [0.2, 0.25) is 0 Å². The molecule has 0 bridgehead atoms. The fourth-order valence-corrected chi connectivity index (χ4v) is 2.81. The molecule has 0 aromatic heterocycles. The van der Waals surface area contributed by atoms with Gasteiger partial charge in [0, 0.05) is 18.6 Å². The lowest BCUT2D eigenvalue weighted by Gasteiger charge is -2.35. The highest BCUT2D eigenvalue weighted by molar-refractivity contribution is 5.74. The number of nitrogens with one attached hydrogen (secondary N) is 2. The van der Waals surface area contributed by atoms with E-state index in [1.54, 1.807) is 0 Å². The van der Waals surface area contributed by atoms with E-state index in [0.717, 1.165) is 12.1 Å². The van der Waals surface area contributed by atoms with Crippen LogP contribution >= 0.6 is 0 Å². The van der Waals surface area contributed by atoms with Crippen molar-refractivity contribution >= 4 is 6.03 Å². The van der Waals surface area contributed by atoms with Crippen LogP contribution in [0.15, 0.2) is 30.3 Å². The highest BCUT2D eigenvalue weighted by Gasteiger charge is 2.28. The molecule has 1 aromatic rings. The Bertz CT molecular complexity index is 503. The molecule has 0 aliphatic rings. The average molecular weight is 335 g/mol. The smallest absolute Gasteiger partial charge is 0.315 e. The first-order valence-corrected chi connectivity index (χ1v) is 8.56. The van der Waals surface area contributed by atoms with Gasteiger partial charge in [-0.05, 0) is 45.3 Å². The van der Waals surface area contributed by atoms with Gasteiger partial charge in [0.25, 0.3) is 0 Å². The largest absolute Gasteiger partial charge is 0.388 e. The molecular weight excluding hydrogens is 302 g/mol. The van der Waals surface area contributed by atoms with Gasteiger partial charge in [-0.2, -0.15) is 0 Å². The Morgan fingerprint density at radius 3 is 2.29 bits per heavy atom. The molecule has 3 atom stereocenters. The number of urea groups is 1. The Labute approximate surface area is 146 Å². The van der Waals surface area contributed by atoms with Crippen LogP contribution in [0, 0.1) is 5.41 Å².